The van der Waals surface area contributed by atoms with Crippen LogP contribution in [0.15, 0.2) is 24.3 Å². The van der Waals surface area contributed by atoms with Gasteiger partial charge in [-0.2, -0.15) is 5.21 Å². The molecule has 3 N–H and O–H groups in total. The topological polar surface area (TPSA) is 95.6 Å². The van der Waals surface area contributed by atoms with Crippen LogP contribution in [-0.4, -0.2) is 33.6 Å². The smallest absolute Gasteiger partial charge is 0.253 e. The molecule has 2 rings (SSSR count). The van der Waals surface area contributed by atoms with Gasteiger partial charge < -0.3 is 10.6 Å². The average Bonchev–Trinajstić information content (AvgIpc) is 2.89. The van der Waals surface area contributed by atoms with Crippen molar-refractivity contribution >= 4 is 11.6 Å². The maximum Gasteiger partial charge on any atom is 0.253 e. The fraction of sp³-hybridized carbons (Fsp3) is 0.200. The van der Waals surface area contributed by atoms with E-state index in [0.717, 1.165) is 5.69 Å². The lowest BCUT2D eigenvalue weighted by molar-refractivity contribution is 0.0950. The number of aromatic nitrogens is 4. The number of carbonyl (C=O) groups excluding carboxylic acids is 1. The second-order valence-electron chi connectivity index (χ2n) is 3.31. The predicted molar refractivity (Wildman–Crippen MR) is 61.3 cm³/mol. The van der Waals surface area contributed by atoms with Crippen molar-refractivity contribution in [3.05, 3.63) is 35.7 Å². The molecule has 0 saturated carbocycles. The Balaban J connectivity index is 2.04. The minimum Gasteiger partial charge on any atom is -0.387 e. The Hall–Kier alpha value is -2.44. The molecule has 0 aliphatic rings. The van der Waals surface area contributed by atoms with Crippen molar-refractivity contribution in [2.24, 2.45) is 0 Å². The van der Waals surface area contributed by atoms with Gasteiger partial charge in [0.2, 0.25) is 0 Å². The normalized spacial score (nSPS) is 9.94. The number of rotatable bonds is 4. The summed E-state index contributed by atoms with van der Waals surface area (Å²) in [6.45, 7) is 0.243. The molecule has 1 aromatic heterocycles. The molecular formula is C10H12N6O. The van der Waals surface area contributed by atoms with Crippen LogP contribution in [0.2, 0.25) is 0 Å². The quantitative estimate of drug-likeness (QED) is 0.698. The van der Waals surface area contributed by atoms with Crippen LogP contribution in [0.5, 0.6) is 0 Å². The Morgan fingerprint density at radius 2 is 2.24 bits per heavy atom. The number of benzene rings is 1. The molecule has 0 fully saturated rings. The Kier molecular flexibility index (Phi) is 3.29. The molecule has 17 heavy (non-hydrogen) atoms. The van der Waals surface area contributed by atoms with Crippen LogP contribution in [0.1, 0.15) is 16.2 Å². The van der Waals surface area contributed by atoms with Gasteiger partial charge in [-0.05, 0) is 12.1 Å². The number of tetrazole rings is 1. The third-order valence-corrected chi connectivity index (χ3v) is 2.24. The second kappa shape index (κ2) is 5.06. The van der Waals surface area contributed by atoms with E-state index in [4.69, 9.17) is 0 Å². The summed E-state index contributed by atoms with van der Waals surface area (Å²) in [5.74, 6) is 0.264. The highest BCUT2D eigenvalue weighted by molar-refractivity contribution is 5.99. The van der Waals surface area contributed by atoms with E-state index in [0.29, 0.717) is 11.4 Å². The molecule has 0 unspecified atom stereocenters. The Morgan fingerprint density at radius 1 is 1.41 bits per heavy atom. The summed E-state index contributed by atoms with van der Waals surface area (Å²) < 4.78 is 0. The number of amides is 1. The summed E-state index contributed by atoms with van der Waals surface area (Å²) in [6, 6.07) is 7.26. The van der Waals surface area contributed by atoms with E-state index in [2.05, 4.69) is 31.3 Å². The highest BCUT2D eigenvalue weighted by Gasteiger charge is 2.10. The molecule has 88 valence electrons. The van der Waals surface area contributed by atoms with E-state index in [1.807, 2.05) is 18.2 Å². The summed E-state index contributed by atoms with van der Waals surface area (Å²) in [6.07, 6.45) is 0. The van der Waals surface area contributed by atoms with Crippen molar-refractivity contribution < 1.29 is 4.79 Å². The molecule has 1 amide bonds. The van der Waals surface area contributed by atoms with Crippen LogP contribution in [0.25, 0.3) is 0 Å². The fourth-order valence-electron chi connectivity index (χ4n) is 1.41. The molecule has 0 saturated heterocycles. The van der Waals surface area contributed by atoms with Crippen molar-refractivity contribution in [3.8, 4) is 0 Å². The van der Waals surface area contributed by atoms with Gasteiger partial charge in [0.05, 0.1) is 12.1 Å². The molecule has 0 aliphatic carbocycles. The number of nitrogens with zero attached hydrogens (tertiary/aromatic N) is 3. The number of para-hydroxylation sites is 1. The van der Waals surface area contributed by atoms with Crippen LogP contribution < -0.4 is 10.6 Å². The fourth-order valence-corrected chi connectivity index (χ4v) is 1.41. The number of anilines is 1. The highest BCUT2D eigenvalue weighted by atomic mass is 16.1. The van der Waals surface area contributed by atoms with Crippen molar-refractivity contribution in [1.29, 1.82) is 0 Å². The van der Waals surface area contributed by atoms with Crippen molar-refractivity contribution in [1.82, 2.24) is 25.9 Å². The molecule has 0 spiro atoms. The number of H-pyrrole nitrogens is 1. The number of aromatic amines is 1. The lowest BCUT2D eigenvalue weighted by Crippen LogP contribution is -2.24. The summed E-state index contributed by atoms with van der Waals surface area (Å²) in [5.41, 5.74) is 1.36. The highest BCUT2D eigenvalue weighted by Crippen LogP contribution is 2.13. The number of carbonyl (C=O) groups is 1. The van der Waals surface area contributed by atoms with Crippen molar-refractivity contribution in [2.45, 2.75) is 6.54 Å². The van der Waals surface area contributed by atoms with E-state index in [1.165, 1.54) is 0 Å². The summed E-state index contributed by atoms with van der Waals surface area (Å²) in [4.78, 5) is 11.9. The molecule has 7 nitrogen and oxygen atoms in total. The lowest BCUT2D eigenvalue weighted by Gasteiger charge is -2.08. The van der Waals surface area contributed by atoms with Gasteiger partial charge in [0.25, 0.3) is 5.91 Å². The number of hydrogen-bond acceptors (Lipinski definition) is 5. The molecule has 2 aromatic rings. The van der Waals surface area contributed by atoms with E-state index in [1.54, 1.807) is 13.1 Å². The molecule has 0 bridgehead atoms. The average molecular weight is 232 g/mol. The maximum absolute atomic E-state index is 11.9. The van der Waals surface area contributed by atoms with Crippen LogP contribution in [0.4, 0.5) is 5.69 Å². The summed E-state index contributed by atoms with van der Waals surface area (Å²) >= 11 is 0. The lowest BCUT2D eigenvalue weighted by atomic mass is 10.1. The van der Waals surface area contributed by atoms with Gasteiger partial charge in [-0.3, -0.25) is 4.79 Å². The first kappa shape index (κ1) is 11.1. The van der Waals surface area contributed by atoms with Crippen LogP contribution >= 0.6 is 0 Å². The van der Waals surface area contributed by atoms with E-state index >= 15 is 0 Å². The summed E-state index contributed by atoms with van der Waals surface area (Å²) in [5, 5.41) is 18.9. The van der Waals surface area contributed by atoms with Gasteiger partial charge >= 0.3 is 0 Å². The van der Waals surface area contributed by atoms with Crippen molar-refractivity contribution in [2.75, 3.05) is 12.4 Å². The zero-order chi connectivity index (χ0) is 12.1. The first-order valence-electron chi connectivity index (χ1n) is 5.08. The Labute approximate surface area is 97.6 Å². The zero-order valence-electron chi connectivity index (χ0n) is 9.27. The summed E-state index contributed by atoms with van der Waals surface area (Å²) in [7, 11) is 1.77. The SMILES string of the molecule is CNc1ccccc1C(=O)NCc1nn[nH]n1. The Bertz CT molecular complexity index is 495. The second-order valence-corrected chi connectivity index (χ2v) is 3.31. The van der Waals surface area contributed by atoms with Gasteiger partial charge in [0, 0.05) is 12.7 Å². The molecule has 0 radical (unpaired) electrons. The predicted octanol–water partition coefficient (Wildman–Crippen LogP) is 0.171. The van der Waals surface area contributed by atoms with Crippen LogP contribution in [-0.2, 0) is 6.54 Å². The molecule has 0 aliphatic heterocycles. The van der Waals surface area contributed by atoms with Crippen molar-refractivity contribution in [3.63, 3.8) is 0 Å². The minimum atomic E-state index is -0.181. The molecule has 0 atom stereocenters. The monoisotopic (exact) mass is 232 g/mol. The third kappa shape index (κ3) is 2.57. The first-order valence-corrected chi connectivity index (χ1v) is 5.08. The van der Waals surface area contributed by atoms with Crippen LogP contribution in [0, 0.1) is 0 Å². The number of hydrogen-bond donors (Lipinski definition) is 3. The van der Waals surface area contributed by atoms with Gasteiger partial charge in [0.1, 0.15) is 0 Å². The Morgan fingerprint density at radius 3 is 2.94 bits per heavy atom. The van der Waals surface area contributed by atoms with Gasteiger partial charge in [0.15, 0.2) is 5.82 Å². The van der Waals surface area contributed by atoms with Gasteiger partial charge in [-0.15, -0.1) is 10.2 Å². The molecule has 7 heteroatoms. The first-order chi connectivity index (χ1) is 8.31. The molecule has 1 aromatic carbocycles. The van der Waals surface area contributed by atoms with E-state index in [9.17, 15) is 4.79 Å². The standard InChI is InChI=1S/C10H12N6O/c1-11-8-5-3-2-4-7(8)10(17)12-6-9-13-15-16-14-9/h2-5,11H,6H2,1H3,(H,12,17)(H,13,14,15,16). The number of nitrogens with one attached hydrogen (secondary N) is 3. The third-order valence-electron chi connectivity index (χ3n) is 2.24. The zero-order valence-corrected chi connectivity index (χ0v) is 9.27. The van der Waals surface area contributed by atoms with Gasteiger partial charge in [-0.1, -0.05) is 17.3 Å². The van der Waals surface area contributed by atoms with Crippen LogP contribution in [0.3, 0.4) is 0 Å². The maximum atomic E-state index is 11.9. The van der Waals surface area contributed by atoms with Gasteiger partial charge in [-0.25, -0.2) is 0 Å². The van der Waals surface area contributed by atoms with E-state index in [-0.39, 0.29) is 12.5 Å². The van der Waals surface area contributed by atoms with E-state index < -0.39 is 0 Å². The molecule has 1 heterocycles. The largest absolute Gasteiger partial charge is 0.387 e. The minimum absolute atomic E-state index is 0.181. The molecular weight excluding hydrogens is 220 g/mol.